The lowest BCUT2D eigenvalue weighted by Gasteiger charge is -2.04. The van der Waals surface area contributed by atoms with Gasteiger partial charge in [0.1, 0.15) is 12.7 Å². The SMILES string of the molecule is c1ccc2c(c1)sc1cc3c(cc12)c1ccccc1n3-c1ncncn1. The summed E-state index contributed by atoms with van der Waals surface area (Å²) in [5.41, 5.74) is 2.23. The van der Waals surface area contributed by atoms with E-state index in [1.54, 1.807) is 12.7 Å². The van der Waals surface area contributed by atoms with Gasteiger partial charge in [-0.1, -0.05) is 36.4 Å². The van der Waals surface area contributed by atoms with Crippen molar-refractivity contribution in [2.45, 2.75) is 0 Å². The minimum Gasteiger partial charge on any atom is -0.278 e. The van der Waals surface area contributed by atoms with E-state index >= 15 is 0 Å². The van der Waals surface area contributed by atoms with Crippen LogP contribution in [0.3, 0.4) is 0 Å². The second kappa shape index (κ2) is 5.09. The second-order valence-electron chi connectivity index (χ2n) is 6.25. The number of fused-ring (bicyclic) bond motifs is 6. The molecule has 3 aromatic heterocycles. The van der Waals surface area contributed by atoms with Crippen molar-refractivity contribution in [2.24, 2.45) is 0 Å². The summed E-state index contributed by atoms with van der Waals surface area (Å²) >= 11 is 1.82. The number of hydrogen-bond donors (Lipinski definition) is 0. The van der Waals surface area contributed by atoms with E-state index < -0.39 is 0 Å². The third-order valence-corrected chi connectivity index (χ3v) is 5.98. The van der Waals surface area contributed by atoms with E-state index in [0.717, 1.165) is 11.0 Å². The Hall–Kier alpha value is -3.31. The van der Waals surface area contributed by atoms with Gasteiger partial charge >= 0.3 is 0 Å². The van der Waals surface area contributed by atoms with Gasteiger partial charge in [0, 0.05) is 30.9 Å². The van der Waals surface area contributed by atoms with Gasteiger partial charge in [0.15, 0.2) is 0 Å². The first-order chi connectivity index (χ1) is 12.9. The van der Waals surface area contributed by atoms with E-state index in [-0.39, 0.29) is 0 Å². The van der Waals surface area contributed by atoms with Crippen LogP contribution in [0.4, 0.5) is 0 Å². The first kappa shape index (κ1) is 13.9. The van der Waals surface area contributed by atoms with E-state index in [1.165, 1.54) is 30.9 Å². The number of aromatic nitrogens is 4. The molecular weight excluding hydrogens is 340 g/mol. The van der Waals surface area contributed by atoms with E-state index in [4.69, 9.17) is 0 Å². The molecule has 6 aromatic rings. The minimum absolute atomic E-state index is 0.645. The number of para-hydroxylation sites is 1. The Kier molecular flexibility index (Phi) is 2.73. The van der Waals surface area contributed by atoms with Crippen molar-refractivity contribution in [1.82, 2.24) is 19.5 Å². The van der Waals surface area contributed by atoms with Crippen molar-refractivity contribution in [1.29, 1.82) is 0 Å². The Morgan fingerprint density at radius 1 is 0.654 bits per heavy atom. The molecule has 0 spiro atoms. The van der Waals surface area contributed by atoms with Crippen molar-refractivity contribution in [3.63, 3.8) is 0 Å². The van der Waals surface area contributed by atoms with Crippen LogP contribution in [-0.4, -0.2) is 19.5 Å². The van der Waals surface area contributed by atoms with Gasteiger partial charge < -0.3 is 0 Å². The molecule has 5 heteroatoms. The van der Waals surface area contributed by atoms with Gasteiger partial charge in [-0.3, -0.25) is 4.57 Å². The fraction of sp³-hybridized carbons (Fsp3) is 0. The van der Waals surface area contributed by atoms with Gasteiger partial charge in [-0.05, 0) is 24.3 Å². The van der Waals surface area contributed by atoms with Gasteiger partial charge in [0.25, 0.3) is 0 Å². The lowest BCUT2D eigenvalue weighted by Crippen LogP contribution is -2.00. The largest absolute Gasteiger partial charge is 0.278 e. The average molecular weight is 352 g/mol. The number of nitrogens with zero attached hydrogens (tertiary/aromatic N) is 4. The van der Waals surface area contributed by atoms with Crippen LogP contribution in [0.25, 0.3) is 47.9 Å². The predicted octanol–water partition coefficient (Wildman–Crippen LogP) is 5.34. The topological polar surface area (TPSA) is 43.6 Å². The molecule has 0 aliphatic carbocycles. The summed E-state index contributed by atoms with van der Waals surface area (Å²) in [6, 6.07) is 21.6. The molecule has 0 unspecified atom stereocenters. The standard InChI is InChI=1S/C21H12N4S/c1-3-7-17-13(5-1)15-9-16-14-6-2-4-8-19(14)26-20(16)10-18(15)25(17)21-23-11-22-12-24-21/h1-12H. The molecule has 0 aliphatic rings. The Morgan fingerprint density at radius 3 is 2.31 bits per heavy atom. The van der Waals surface area contributed by atoms with Crippen LogP contribution in [0.1, 0.15) is 0 Å². The summed E-state index contributed by atoms with van der Waals surface area (Å²) in [5.74, 6) is 0.645. The highest BCUT2D eigenvalue weighted by Gasteiger charge is 2.16. The van der Waals surface area contributed by atoms with Crippen molar-refractivity contribution in [2.75, 3.05) is 0 Å². The highest BCUT2D eigenvalue weighted by molar-refractivity contribution is 7.25. The molecule has 6 rings (SSSR count). The third kappa shape index (κ3) is 1.80. The number of thiophene rings is 1. The Labute approximate surface area is 152 Å². The molecule has 3 heterocycles. The summed E-state index contributed by atoms with van der Waals surface area (Å²) in [6.45, 7) is 0. The highest BCUT2D eigenvalue weighted by Crippen LogP contribution is 2.39. The van der Waals surface area contributed by atoms with E-state index in [9.17, 15) is 0 Å². The van der Waals surface area contributed by atoms with Crippen LogP contribution in [0.15, 0.2) is 73.3 Å². The van der Waals surface area contributed by atoms with Gasteiger partial charge in [-0.15, -0.1) is 11.3 Å². The summed E-state index contributed by atoms with van der Waals surface area (Å²) in [5, 5.41) is 5.04. The van der Waals surface area contributed by atoms with Crippen molar-refractivity contribution in [3.8, 4) is 5.95 Å². The van der Waals surface area contributed by atoms with Crippen molar-refractivity contribution >= 4 is 53.3 Å². The summed E-state index contributed by atoms with van der Waals surface area (Å²) < 4.78 is 4.71. The molecule has 0 bridgehead atoms. The number of benzene rings is 3. The highest BCUT2D eigenvalue weighted by atomic mass is 32.1. The Morgan fingerprint density at radius 2 is 1.42 bits per heavy atom. The molecule has 3 aromatic carbocycles. The maximum Gasteiger partial charge on any atom is 0.237 e. The fourth-order valence-electron chi connectivity index (χ4n) is 3.75. The molecule has 0 amide bonds. The minimum atomic E-state index is 0.645. The molecule has 0 saturated heterocycles. The van der Waals surface area contributed by atoms with Crippen LogP contribution in [0.2, 0.25) is 0 Å². The normalized spacial score (nSPS) is 11.8. The molecule has 0 aliphatic heterocycles. The molecule has 26 heavy (non-hydrogen) atoms. The Bertz CT molecular complexity index is 1430. The van der Waals surface area contributed by atoms with Crippen LogP contribution in [-0.2, 0) is 0 Å². The van der Waals surface area contributed by atoms with Crippen molar-refractivity contribution < 1.29 is 0 Å². The first-order valence-corrected chi connectivity index (χ1v) is 9.18. The maximum absolute atomic E-state index is 4.39. The quantitative estimate of drug-likeness (QED) is 0.401. The van der Waals surface area contributed by atoms with Gasteiger partial charge in [-0.2, -0.15) is 0 Å². The average Bonchev–Trinajstić information content (AvgIpc) is 3.22. The summed E-state index contributed by atoms with van der Waals surface area (Å²) in [7, 11) is 0. The molecule has 4 nitrogen and oxygen atoms in total. The van der Waals surface area contributed by atoms with Crippen molar-refractivity contribution in [3.05, 3.63) is 73.3 Å². The summed E-state index contributed by atoms with van der Waals surface area (Å²) in [4.78, 5) is 12.7. The molecule has 0 atom stereocenters. The molecule has 0 fully saturated rings. The number of rotatable bonds is 1. The van der Waals surface area contributed by atoms with Gasteiger partial charge in [-0.25, -0.2) is 15.0 Å². The van der Waals surface area contributed by atoms with E-state index in [2.05, 4.69) is 80.2 Å². The maximum atomic E-state index is 4.39. The predicted molar refractivity (Wildman–Crippen MR) is 107 cm³/mol. The lowest BCUT2D eigenvalue weighted by molar-refractivity contribution is 0.940. The van der Waals surface area contributed by atoms with Crippen LogP contribution in [0.5, 0.6) is 0 Å². The number of hydrogen-bond acceptors (Lipinski definition) is 4. The van der Waals surface area contributed by atoms with Crippen LogP contribution in [0, 0.1) is 0 Å². The van der Waals surface area contributed by atoms with Crippen LogP contribution >= 0.6 is 11.3 Å². The zero-order valence-electron chi connectivity index (χ0n) is 13.6. The third-order valence-electron chi connectivity index (χ3n) is 4.85. The van der Waals surface area contributed by atoms with Crippen LogP contribution < -0.4 is 0 Å². The molecule has 0 saturated carbocycles. The van der Waals surface area contributed by atoms with Gasteiger partial charge in [0.2, 0.25) is 5.95 Å². The van der Waals surface area contributed by atoms with E-state index in [0.29, 0.717) is 5.95 Å². The molecular formula is C21H12N4S. The first-order valence-electron chi connectivity index (χ1n) is 8.37. The lowest BCUT2D eigenvalue weighted by atomic mass is 10.1. The monoisotopic (exact) mass is 352 g/mol. The van der Waals surface area contributed by atoms with Gasteiger partial charge in [0.05, 0.1) is 11.0 Å². The Balaban J connectivity index is 1.85. The zero-order valence-corrected chi connectivity index (χ0v) is 14.4. The molecule has 0 radical (unpaired) electrons. The molecule has 0 N–H and O–H groups in total. The second-order valence-corrected chi connectivity index (χ2v) is 7.34. The zero-order chi connectivity index (χ0) is 17.1. The van der Waals surface area contributed by atoms with E-state index in [1.807, 2.05) is 11.3 Å². The molecule has 122 valence electrons. The summed E-state index contributed by atoms with van der Waals surface area (Å²) in [6.07, 6.45) is 3.09. The smallest absolute Gasteiger partial charge is 0.237 e. The fourth-order valence-corrected chi connectivity index (χ4v) is 4.87.